The van der Waals surface area contributed by atoms with Crippen molar-refractivity contribution in [1.82, 2.24) is 5.32 Å². The lowest BCUT2D eigenvalue weighted by molar-refractivity contribution is -0.218. The second-order valence-corrected chi connectivity index (χ2v) is 11.0. The monoisotopic (exact) mass is 571 g/mol. The van der Waals surface area contributed by atoms with E-state index in [4.69, 9.17) is 21.1 Å². The van der Waals surface area contributed by atoms with Gasteiger partial charge in [0, 0.05) is 22.7 Å². The quantitative estimate of drug-likeness (QED) is 0.273. The highest BCUT2D eigenvalue weighted by molar-refractivity contribution is 7.99. The Bertz CT molecular complexity index is 1240. The van der Waals surface area contributed by atoms with E-state index in [1.165, 1.54) is 11.8 Å². The van der Waals surface area contributed by atoms with Gasteiger partial charge in [0.05, 0.1) is 19.1 Å². The van der Waals surface area contributed by atoms with Crippen molar-refractivity contribution in [3.8, 4) is 5.75 Å². The summed E-state index contributed by atoms with van der Waals surface area (Å²) in [4.78, 5) is 12.5. The first-order valence-corrected chi connectivity index (χ1v) is 14.3. The number of aliphatic hydroxyl groups excluding tert-OH is 3. The summed E-state index contributed by atoms with van der Waals surface area (Å²) in [6.07, 6.45) is -4.58. The average Bonchev–Trinajstić information content (AvgIpc) is 2.94. The van der Waals surface area contributed by atoms with Gasteiger partial charge in [0.25, 0.3) is 0 Å². The van der Waals surface area contributed by atoms with Gasteiger partial charge in [0.1, 0.15) is 30.2 Å². The maximum absolute atomic E-state index is 11.6. The zero-order chi connectivity index (χ0) is 27.9. The minimum atomic E-state index is -1.37. The molecular weight excluding hydrogens is 538 g/mol. The summed E-state index contributed by atoms with van der Waals surface area (Å²) in [5, 5.41) is 35.3. The number of carbonyl (C=O) groups is 1. The molecule has 0 saturated carbocycles. The number of aliphatic hydroxyl groups is 3. The zero-order valence-corrected chi connectivity index (χ0v) is 23.5. The maximum atomic E-state index is 11.6. The van der Waals surface area contributed by atoms with Crippen LogP contribution in [0, 0.1) is 0 Å². The maximum Gasteiger partial charge on any atom is 0.224 e. The molecule has 4 N–H and O–H groups in total. The fraction of sp³-hybridized carbons (Fsp3) is 0.367. The number of benzene rings is 3. The first-order valence-electron chi connectivity index (χ1n) is 12.9. The molecule has 3 aromatic rings. The normalized spacial score (nSPS) is 22.9. The number of halogens is 1. The van der Waals surface area contributed by atoms with Gasteiger partial charge in [0.15, 0.2) is 0 Å². The van der Waals surface area contributed by atoms with Gasteiger partial charge >= 0.3 is 0 Å². The molecule has 0 bridgehead atoms. The molecule has 7 nitrogen and oxygen atoms in total. The van der Waals surface area contributed by atoms with Crippen LogP contribution in [-0.4, -0.2) is 65.1 Å². The van der Waals surface area contributed by atoms with Crippen molar-refractivity contribution in [1.29, 1.82) is 0 Å². The van der Waals surface area contributed by atoms with Gasteiger partial charge in [-0.05, 0) is 65.9 Å². The Morgan fingerprint density at radius 3 is 2.33 bits per heavy atom. The van der Waals surface area contributed by atoms with E-state index >= 15 is 0 Å². The smallest absolute Gasteiger partial charge is 0.224 e. The molecule has 1 aliphatic heterocycles. The topological polar surface area (TPSA) is 108 Å². The summed E-state index contributed by atoms with van der Waals surface area (Å²) in [5.41, 5.74) is 3.48. The van der Waals surface area contributed by atoms with E-state index in [0.29, 0.717) is 35.8 Å². The second-order valence-electron chi connectivity index (χ2n) is 9.48. The molecule has 9 heteroatoms. The lowest BCUT2D eigenvalue weighted by atomic mass is 9.90. The van der Waals surface area contributed by atoms with E-state index in [1.54, 1.807) is 19.2 Å². The third-order valence-corrected chi connectivity index (χ3v) is 8.19. The van der Waals surface area contributed by atoms with Gasteiger partial charge < -0.3 is 30.1 Å². The van der Waals surface area contributed by atoms with E-state index in [9.17, 15) is 20.1 Å². The zero-order valence-electron chi connectivity index (χ0n) is 21.9. The summed E-state index contributed by atoms with van der Waals surface area (Å²) in [5.74, 6) is 1.11. The largest absolute Gasteiger partial charge is 0.494 e. The number of thioether (sulfide) groups is 1. The Morgan fingerprint density at radius 2 is 1.67 bits per heavy atom. The molecule has 208 valence electrons. The van der Waals surface area contributed by atoms with Gasteiger partial charge in [0.2, 0.25) is 5.91 Å². The van der Waals surface area contributed by atoms with Crippen LogP contribution in [0.25, 0.3) is 0 Å². The number of hydrogen-bond donors (Lipinski definition) is 4. The summed E-state index contributed by atoms with van der Waals surface area (Å²) in [6.45, 7) is 2.54. The number of hydrogen-bond acceptors (Lipinski definition) is 7. The number of carbonyl (C=O) groups excluding carboxylic acids is 1. The average molecular weight is 572 g/mol. The summed E-state index contributed by atoms with van der Waals surface area (Å²) >= 11 is 7.97. The van der Waals surface area contributed by atoms with E-state index in [0.717, 1.165) is 27.3 Å². The predicted molar refractivity (Wildman–Crippen MR) is 152 cm³/mol. The van der Waals surface area contributed by atoms with Crippen LogP contribution in [-0.2, 0) is 22.4 Å². The van der Waals surface area contributed by atoms with Crippen LogP contribution in [0.4, 0.5) is 0 Å². The first-order chi connectivity index (χ1) is 18.8. The Morgan fingerprint density at radius 1 is 0.974 bits per heavy atom. The van der Waals surface area contributed by atoms with Gasteiger partial charge in [-0.3, -0.25) is 4.79 Å². The van der Waals surface area contributed by atoms with Crippen molar-refractivity contribution < 1.29 is 29.6 Å². The SMILES string of the molecule is CCOc1ccc(Cc2cc([C@@H]3O[C@H](CSc4ccc(CC(=O)NC)cc4)[C@@H](O)[C@H](O)[C@H]3O)ccc2Cl)cc1. The Hall–Kier alpha value is -2.59. The highest BCUT2D eigenvalue weighted by atomic mass is 35.5. The van der Waals surface area contributed by atoms with Crippen molar-refractivity contribution in [2.75, 3.05) is 19.4 Å². The van der Waals surface area contributed by atoms with Crippen molar-refractivity contribution in [2.45, 2.75) is 55.2 Å². The fourth-order valence-corrected chi connectivity index (χ4v) is 5.66. The highest BCUT2D eigenvalue weighted by Gasteiger charge is 2.44. The number of rotatable bonds is 10. The van der Waals surface area contributed by atoms with Crippen LogP contribution in [0.15, 0.2) is 71.6 Å². The Kier molecular flexibility index (Phi) is 10.3. The van der Waals surface area contributed by atoms with Crippen LogP contribution < -0.4 is 10.1 Å². The van der Waals surface area contributed by atoms with E-state index < -0.39 is 30.5 Å². The van der Waals surface area contributed by atoms with Gasteiger partial charge in [-0.25, -0.2) is 0 Å². The number of amides is 1. The van der Waals surface area contributed by atoms with E-state index in [2.05, 4.69) is 5.32 Å². The van der Waals surface area contributed by atoms with Gasteiger partial charge in [-0.15, -0.1) is 11.8 Å². The molecule has 1 fully saturated rings. The molecule has 0 aliphatic carbocycles. The molecule has 1 aliphatic rings. The van der Waals surface area contributed by atoms with E-state index in [1.807, 2.05) is 61.5 Å². The second kappa shape index (κ2) is 13.7. The van der Waals surface area contributed by atoms with Crippen molar-refractivity contribution in [2.24, 2.45) is 0 Å². The molecule has 39 heavy (non-hydrogen) atoms. The van der Waals surface area contributed by atoms with Crippen molar-refractivity contribution >= 4 is 29.3 Å². The number of ether oxygens (including phenoxy) is 2. The van der Waals surface area contributed by atoms with Gasteiger partial charge in [-0.2, -0.15) is 0 Å². The summed E-state index contributed by atoms with van der Waals surface area (Å²) in [6, 6.07) is 20.8. The molecule has 1 amide bonds. The summed E-state index contributed by atoms with van der Waals surface area (Å²) in [7, 11) is 1.60. The molecule has 4 rings (SSSR count). The van der Waals surface area contributed by atoms with Crippen LogP contribution >= 0.6 is 23.4 Å². The molecule has 5 atom stereocenters. The minimum Gasteiger partial charge on any atom is -0.494 e. The summed E-state index contributed by atoms with van der Waals surface area (Å²) < 4.78 is 11.7. The molecule has 0 radical (unpaired) electrons. The van der Waals surface area contributed by atoms with Crippen molar-refractivity contribution in [3.05, 3.63) is 94.0 Å². The molecule has 0 spiro atoms. The standard InChI is InChI=1S/C30H34ClNO6S/c1-3-37-22-9-4-18(5-10-22)14-21-16-20(8-13-24(21)31)30-29(36)28(35)27(34)25(38-30)17-39-23-11-6-19(7-12-23)15-26(33)32-2/h4-13,16,25,27-30,34-36H,3,14-15,17H2,1-2H3,(H,32,33)/t25-,27-,28+,29-,30+/m1/s1. The molecular formula is C30H34ClNO6S. The Balaban J connectivity index is 1.45. The van der Waals surface area contributed by atoms with Crippen LogP contribution in [0.1, 0.15) is 35.3 Å². The minimum absolute atomic E-state index is 0.0578. The molecule has 1 heterocycles. The highest BCUT2D eigenvalue weighted by Crippen LogP contribution is 2.36. The van der Waals surface area contributed by atoms with E-state index in [-0.39, 0.29) is 5.91 Å². The molecule has 3 aromatic carbocycles. The molecule has 0 unspecified atom stereocenters. The van der Waals surface area contributed by atoms with Gasteiger partial charge in [-0.1, -0.05) is 48.0 Å². The molecule has 0 aromatic heterocycles. The third-order valence-electron chi connectivity index (χ3n) is 6.72. The lowest BCUT2D eigenvalue weighted by Crippen LogP contribution is -2.54. The molecule has 1 saturated heterocycles. The fourth-order valence-electron chi connectivity index (χ4n) is 4.52. The van der Waals surface area contributed by atoms with Crippen LogP contribution in [0.2, 0.25) is 5.02 Å². The van der Waals surface area contributed by atoms with Crippen LogP contribution in [0.3, 0.4) is 0 Å². The predicted octanol–water partition coefficient (Wildman–Crippen LogP) is 3.93. The Labute approximate surface area is 238 Å². The number of nitrogens with one attached hydrogen (secondary N) is 1. The van der Waals surface area contributed by atoms with Crippen LogP contribution in [0.5, 0.6) is 5.75 Å². The van der Waals surface area contributed by atoms with Crippen molar-refractivity contribution in [3.63, 3.8) is 0 Å². The third kappa shape index (κ3) is 7.54. The first kappa shape index (κ1) is 29.4. The lowest BCUT2D eigenvalue weighted by Gasteiger charge is -2.41. The number of likely N-dealkylation sites (N-methyl/N-ethyl adjacent to an activating group) is 1.